The van der Waals surface area contributed by atoms with E-state index in [2.05, 4.69) is 0 Å². The normalized spacial score (nSPS) is 55.4. The van der Waals surface area contributed by atoms with Crippen molar-refractivity contribution in [2.75, 3.05) is 46.2 Å². The minimum atomic E-state index is -2.20. The second-order valence-corrected chi connectivity index (χ2v) is 21.0. The van der Waals surface area contributed by atoms with Crippen LogP contribution in [0, 0.1) is 0 Å². The Balaban J connectivity index is 1.08. The second-order valence-electron chi connectivity index (χ2n) is 19.6. The number of halogens is 1. The molecule has 35 heteroatoms. The Labute approximate surface area is 448 Å². The largest absolute Gasteiger partial charge is 0.394 e. The number of ether oxygens (including phenoxy) is 14. The first-order valence-corrected chi connectivity index (χ1v) is 25.8. The van der Waals surface area contributed by atoms with Gasteiger partial charge in [0.2, 0.25) is 0 Å². The summed E-state index contributed by atoms with van der Waals surface area (Å²) >= 11 is 1.67. The van der Waals surface area contributed by atoms with E-state index in [1.807, 2.05) is 0 Å². The number of hydrogen-bond donors (Lipinski definition) is 20. The summed E-state index contributed by atoms with van der Waals surface area (Å²) in [6.45, 7) is -6.98. The zero-order chi connectivity index (χ0) is 56.1. The molecule has 21 saturated heterocycles. The van der Waals surface area contributed by atoms with E-state index in [-0.39, 0.29) is 0 Å². The zero-order valence-electron chi connectivity index (χ0n) is 40.2. The second kappa shape index (κ2) is 26.5. The van der Waals surface area contributed by atoms with E-state index in [4.69, 9.17) is 66.3 Å². The van der Waals surface area contributed by atoms with Crippen LogP contribution >= 0.6 is 22.6 Å². The van der Waals surface area contributed by atoms with E-state index in [1.54, 1.807) is 22.6 Å². The van der Waals surface area contributed by atoms with E-state index in [1.165, 1.54) is 0 Å². The molecule has 0 unspecified atom stereocenters. The SMILES string of the molecule is OC[C@H]1O[C@@H]2O[C@H]3[C@H](O)[C@@H](O)[C@@H](O[C@H]4[C@H](O)[C@@H](O)[C@@H](O[C@H]5[C@H](I)[C@@H](O)[C@@H](O[C@H]6[C@H](O)[C@@H](O)[C@@H](O[C@H]7[C@H](O)[C@@H](O)[C@@H](O[C@H]8[C@H](O)[C@@H](O)[C@@H](O[C@H]1[C@H](O)[C@H]2O)O[C@@H]8CO)O[C@@H]7CO)O[C@@H]6CO)O[C@@H]5CO)O[C@@H]4CO)O[C@@H]3CO. The fourth-order valence-corrected chi connectivity index (χ4v) is 11.4. The van der Waals surface area contributed by atoms with Crippen molar-refractivity contribution < 1.29 is 168 Å². The van der Waals surface area contributed by atoms with Gasteiger partial charge in [0.25, 0.3) is 0 Å². The Bertz CT molecular complexity index is 1470. The molecule has 21 aliphatic heterocycles. The van der Waals surface area contributed by atoms with Gasteiger partial charge in [-0.15, -0.1) is 0 Å². The summed E-state index contributed by atoms with van der Waals surface area (Å²) in [6, 6.07) is 0. The summed E-state index contributed by atoms with van der Waals surface area (Å²) in [6.07, 6.45) is -65.5. The summed E-state index contributed by atoms with van der Waals surface area (Å²) in [7, 11) is 0. The molecule has 20 N–H and O–H groups in total. The molecule has 77 heavy (non-hydrogen) atoms. The number of rotatable bonds is 7. The van der Waals surface area contributed by atoms with Crippen LogP contribution in [0.4, 0.5) is 0 Å². The zero-order valence-corrected chi connectivity index (χ0v) is 42.4. The van der Waals surface area contributed by atoms with E-state index >= 15 is 0 Å². The molecule has 448 valence electrons. The van der Waals surface area contributed by atoms with Gasteiger partial charge in [-0.1, -0.05) is 22.6 Å². The summed E-state index contributed by atoms with van der Waals surface area (Å²) in [4.78, 5) is 0. The highest BCUT2D eigenvalue weighted by Crippen LogP contribution is 2.39. The van der Waals surface area contributed by atoms with Crippen molar-refractivity contribution in [3.05, 3.63) is 0 Å². The maximum absolute atomic E-state index is 11.5. The molecule has 21 heterocycles. The van der Waals surface area contributed by atoms with Crippen LogP contribution in [0.2, 0.25) is 0 Å². The third-order valence-electron chi connectivity index (χ3n) is 14.7. The van der Waals surface area contributed by atoms with Gasteiger partial charge in [-0.05, 0) is 0 Å². The fraction of sp³-hybridized carbons (Fsp3) is 1.00. The van der Waals surface area contributed by atoms with Gasteiger partial charge >= 0.3 is 0 Å². The molecule has 0 aliphatic carbocycles. The van der Waals surface area contributed by atoms with Crippen molar-refractivity contribution in [2.45, 2.75) is 213 Å². The van der Waals surface area contributed by atoms with Crippen molar-refractivity contribution >= 4 is 22.6 Å². The highest BCUT2D eigenvalue weighted by atomic mass is 127. The van der Waals surface area contributed by atoms with Gasteiger partial charge in [0.1, 0.15) is 165 Å². The predicted octanol–water partition coefficient (Wildman–Crippen LogP) is -13.8. The summed E-state index contributed by atoms with van der Waals surface area (Å²) in [5.41, 5.74) is 0. The van der Waals surface area contributed by atoms with E-state index < -0.39 is 259 Å². The number of hydrogen-bond acceptors (Lipinski definition) is 34. The number of aliphatic hydroxyl groups excluding tert-OH is 20. The number of alkyl halides is 1. The molecule has 21 fully saturated rings. The van der Waals surface area contributed by atoms with Gasteiger partial charge in [-0.3, -0.25) is 0 Å². The molecule has 0 aromatic heterocycles. The Morgan fingerprint density at radius 3 is 0.506 bits per heavy atom. The third-order valence-corrected chi connectivity index (χ3v) is 16.2. The number of aliphatic hydroxyl groups is 20. The standard InChI is InChI=1S/C42H69IO34/c43-15-16(51)36-64-8(1-44)29(15)71-37-23(58)17(52)31(10(3-46)65-37)73-39-25(60)19(54)33(12(5-48)67-39)75-41-27(62)21(56)35(14(7-50)69-41)77-42-28(63)22(57)34(13(6-49)70-42)76-40-26(61)20(55)32(11(4-47)68-40)74-38-24(59)18(53)30(72-36)9(2-45)66-38/h8-42,44-63H,1-7H2/t8-,9-,10-,11-,12-,13-,14-,15-,16-,17-,18-,19-,20-,21-,22-,23-,24-,25-,26-,27-,28-,29-,30-,31-,32-,33-,34-,35-,36-,37-,38-,39-,40-,41-,42-/m1/s1. The maximum atomic E-state index is 11.5. The summed E-state index contributed by atoms with van der Waals surface area (Å²) < 4.78 is 79.2. The molecule has 0 amide bonds. The Kier molecular flexibility index (Phi) is 21.5. The third kappa shape index (κ3) is 12.3. The van der Waals surface area contributed by atoms with Crippen LogP contribution < -0.4 is 0 Å². The van der Waals surface area contributed by atoms with Crippen molar-refractivity contribution in [2.24, 2.45) is 0 Å². The quantitative estimate of drug-likeness (QED) is 0.0831. The first kappa shape index (κ1) is 62.4. The van der Waals surface area contributed by atoms with Gasteiger partial charge < -0.3 is 168 Å². The summed E-state index contributed by atoms with van der Waals surface area (Å²) in [5, 5.41) is 220. The molecule has 0 aromatic carbocycles. The first-order valence-electron chi connectivity index (χ1n) is 24.6. The molecule has 0 spiro atoms. The molecule has 0 saturated carbocycles. The molecule has 34 nitrogen and oxygen atoms in total. The maximum Gasteiger partial charge on any atom is 0.187 e. The summed E-state index contributed by atoms with van der Waals surface area (Å²) in [5.74, 6) is 0. The molecule has 0 radical (unpaired) electrons. The van der Waals surface area contributed by atoms with Crippen LogP contribution in [0.25, 0.3) is 0 Å². The monoisotopic (exact) mass is 1240 g/mol. The lowest BCUT2D eigenvalue weighted by molar-refractivity contribution is -0.396. The highest BCUT2D eigenvalue weighted by molar-refractivity contribution is 14.1. The van der Waals surface area contributed by atoms with Crippen LogP contribution in [-0.2, 0) is 66.3 Å². The topological polar surface area (TPSA) is 534 Å². The predicted molar refractivity (Wildman–Crippen MR) is 240 cm³/mol. The smallest absolute Gasteiger partial charge is 0.187 e. The minimum Gasteiger partial charge on any atom is -0.394 e. The van der Waals surface area contributed by atoms with Crippen molar-refractivity contribution in [3.8, 4) is 0 Å². The molecule has 21 rings (SSSR count). The molecular weight excluding hydrogens is 1180 g/mol. The Morgan fingerprint density at radius 1 is 0.195 bits per heavy atom. The van der Waals surface area contributed by atoms with Gasteiger partial charge in [-0.25, -0.2) is 0 Å². The van der Waals surface area contributed by atoms with Crippen LogP contribution in [0.3, 0.4) is 0 Å². The van der Waals surface area contributed by atoms with E-state index in [9.17, 15) is 102 Å². The van der Waals surface area contributed by atoms with Gasteiger partial charge in [0, 0.05) is 0 Å². The lowest BCUT2D eigenvalue weighted by atomic mass is 9.95. The lowest BCUT2D eigenvalue weighted by Gasteiger charge is -2.50. The van der Waals surface area contributed by atoms with Gasteiger partial charge in [0.15, 0.2) is 44.0 Å². The average Bonchev–Trinajstić information content (AvgIpc) is 3.45. The Morgan fingerprint density at radius 2 is 0.338 bits per heavy atom. The fourth-order valence-electron chi connectivity index (χ4n) is 10.4. The molecule has 21 aliphatic rings. The van der Waals surface area contributed by atoms with Crippen LogP contribution in [-0.4, -0.2) is 361 Å². The highest BCUT2D eigenvalue weighted by Gasteiger charge is 2.59. The molecular formula is C42H69IO34. The van der Waals surface area contributed by atoms with Crippen molar-refractivity contribution in [1.82, 2.24) is 0 Å². The van der Waals surface area contributed by atoms with Crippen molar-refractivity contribution in [3.63, 3.8) is 0 Å². The van der Waals surface area contributed by atoms with Crippen molar-refractivity contribution in [1.29, 1.82) is 0 Å². The average molecular weight is 1240 g/mol. The Hall–Kier alpha value is -0.630. The van der Waals surface area contributed by atoms with E-state index in [0.29, 0.717) is 0 Å². The van der Waals surface area contributed by atoms with Crippen LogP contribution in [0.1, 0.15) is 0 Å². The minimum absolute atomic E-state index is 0.892. The van der Waals surface area contributed by atoms with Crippen LogP contribution in [0.5, 0.6) is 0 Å². The van der Waals surface area contributed by atoms with Gasteiger partial charge in [-0.2, -0.15) is 0 Å². The molecule has 35 atom stereocenters. The van der Waals surface area contributed by atoms with E-state index in [0.717, 1.165) is 0 Å². The first-order chi connectivity index (χ1) is 36.7. The lowest BCUT2D eigenvalue weighted by Crippen LogP contribution is -2.68. The molecule has 0 aromatic rings. The van der Waals surface area contributed by atoms with Gasteiger partial charge in [0.05, 0.1) is 50.2 Å². The van der Waals surface area contributed by atoms with Crippen LogP contribution in [0.15, 0.2) is 0 Å². The molecule has 14 bridgehead atoms.